The van der Waals surface area contributed by atoms with Gasteiger partial charge in [-0.1, -0.05) is 108 Å². The molecule has 0 saturated carbocycles. The van der Waals surface area contributed by atoms with Crippen LogP contribution in [0.5, 0.6) is 0 Å². The van der Waals surface area contributed by atoms with Crippen molar-refractivity contribution in [1.82, 2.24) is 0 Å². The summed E-state index contributed by atoms with van der Waals surface area (Å²) in [5, 5.41) is 0.287. The predicted octanol–water partition coefficient (Wildman–Crippen LogP) is 8.76. The van der Waals surface area contributed by atoms with E-state index in [9.17, 15) is 0 Å². The van der Waals surface area contributed by atoms with E-state index in [0.29, 0.717) is 6.61 Å². The SMILES string of the molecule is CC(C)(C)[Si](C)(C)OC[C@H]1O[C@@H](c2ccc(-c3ccccc3)cc2)C=C[C@@H]1O[Si](C)(C)C(C)(C)C. The Morgan fingerprint density at radius 1 is 0.714 bits per heavy atom. The monoisotopic (exact) mass is 510 g/mol. The van der Waals surface area contributed by atoms with Crippen molar-refractivity contribution < 1.29 is 13.6 Å². The summed E-state index contributed by atoms with van der Waals surface area (Å²) in [5.41, 5.74) is 3.60. The smallest absolute Gasteiger partial charge is 0.193 e. The van der Waals surface area contributed by atoms with Crippen LogP contribution in [-0.4, -0.2) is 35.4 Å². The van der Waals surface area contributed by atoms with E-state index in [2.05, 4.69) is 128 Å². The van der Waals surface area contributed by atoms with Crippen molar-refractivity contribution in [3.8, 4) is 11.1 Å². The second-order valence-electron chi connectivity index (χ2n) is 12.9. The molecular weight excluding hydrogens is 464 g/mol. The van der Waals surface area contributed by atoms with Crippen molar-refractivity contribution in [3.05, 3.63) is 72.3 Å². The second kappa shape index (κ2) is 10.5. The molecule has 2 aromatic rings. The van der Waals surface area contributed by atoms with Gasteiger partial charge in [-0.15, -0.1) is 0 Å². The molecule has 192 valence electrons. The fourth-order valence-corrected chi connectivity index (χ4v) is 5.88. The molecule has 0 aliphatic carbocycles. The highest BCUT2D eigenvalue weighted by Crippen LogP contribution is 2.41. The van der Waals surface area contributed by atoms with Gasteiger partial charge in [-0.2, -0.15) is 0 Å². The highest BCUT2D eigenvalue weighted by molar-refractivity contribution is 6.74. The highest BCUT2D eigenvalue weighted by atomic mass is 28.4. The maximum Gasteiger partial charge on any atom is 0.193 e. The van der Waals surface area contributed by atoms with E-state index in [1.54, 1.807) is 0 Å². The van der Waals surface area contributed by atoms with Crippen molar-refractivity contribution in [2.75, 3.05) is 6.61 Å². The molecule has 0 radical (unpaired) electrons. The quantitative estimate of drug-likeness (QED) is 0.275. The first-order valence-electron chi connectivity index (χ1n) is 12.9. The van der Waals surface area contributed by atoms with Crippen molar-refractivity contribution in [3.63, 3.8) is 0 Å². The number of benzene rings is 2. The fourth-order valence-electron chi connectivity index (χ4n) is 3.60. The van der Waals surface area contributed by atoms with E-state index in [4.69, 9.17) is 13.6 Å². The molecule has 0 bridgehead atoms. The molecule has 5 heteroatoms. The van der Waals surface area contributed by atoms with Gasteiger partial charge in [0.05, 0.1) is 12.7 Å². The molecule has 3 nitrogen and oxygen atoms in total. The Morgan fingerprint density at radius 2 is 1.26 bits per heavy atom. The molecule has 0 N–H and O–H groups in total. The van der Waals surface area contributed by atoms with E-state index in [1.807, 2.05) is 6.07 Å². The molecule has 0 unspecified atom stereocenters. The summed E-state index contributed by atoms with van der Waals surface area (Å²) in [6, 6.07) is 19.2. The Labute approximate surface area is 216 Å². The lowest BCUT2D eigenvalue weighted by Gasteiger charge is -2.43. The molecule has 0 spiro atoms. The average Bonchev–Trinajstić information content (AvgIpc) is 2.77. The summed E-state index contributed by atoms with van der Waals surface area (Å²) in [6.45, 7) is 23.5. The summed E-state index contributed by atoms with van der Waals surface area (Å²) in [5.74, 6) is 0. The zero-order valence-corrected chi connectivity index (χ0v) is 25.5. The van der Waals surface area contributed by atoms with Crippen LogP contribution in [0.4, 0.5) is 0 Å². The van der Waals surface area contributed by atoms with Gasteiger partial charge < -0.3 is 13.6 Å². The van der Waals surface area contributed by atoms with Gasteiger partial charge in [-0.3, -0.25) is 0 Å². The van der Waals surface area contributed by atoms with Crippen LogP contribution in [-0.2, 0) is 13.6 Å². The zero-order valence-electron chi connectivity index (χ0n) is 23.5. The lowest BCUT2D eigenvalue weighted by Crippen LogP contribution is -2.51. The van der Waals surface area contributed by atoms with Crippen molar-refractivity contribution >= 4 is 16.6 Å². The Kier molecular flexibility index (Phi) is 8.39. The molecule has 0 aromatic heterocycles. The van der Waals surface area contributed by atoms with Crippen LogP contribution < -0.4 is 0 Å². The number of rotatable bonds is 7. The molecular formula is C30H46O3Si2. The fraction of sp³-hybridized carbons (Fsp3) is 0.533. The lowest BCUT2D eigenvalue weighted by molar-refractivity contribution is -0.0739. The van der Waals surface area contributed by atoms with Crippen molar-refractivity contribution in [2.24, 2.45) is 0 Å². The lowest BCUT2D eigenvalue weighted by atomic mass is 9.99. The van der Waals surface area contributed by atoms with E-state index < -0.39 is 16.6 Å². The van der Waals surface area contributed by atoms with Crippen molar-refractivity contribution in [1.29, 1.82) is 0 Å². The van der Waals surface area contributed by atoms with Crippen LogP contribution in [0.15, 0.2) is 66.7 Å². The zero-order chi connectivity index (χ0) is 26.1. The largest absolute Gasteiger partial charge is 0.414 e. The molecule has 0 saturated heterocycles. The van der Waals surface area contributed by atoms with Crippen LogP contribution in [0.3, 0.4) is 0 Å². The Hall–Kier alpha value is -1.51. The molecule has 3 atom stereocenters. The van der Waals surface area contributed by atoms with Gasteiger partial charge in [0.1, 0.15) is 12.2 Å². The third kappa shape index (κ3) is 6.83. The molecule has 35 heavy (non-hydrogen) atoms. The number of hydrogen-bond acceptors (Lipinski definition) is 3. The van der Waals surface area contributed by atoms with Gasteiger partial charge in [0, 0.05) is 0 Å². The summed E-state index contributed by atoms with van der Waals surface area (Å²) in [6.07, 6.45) is 4.05. The molecule has 1 aliphatic heterocycles. The first-order chi connectivity index (χ1) is 16.1. The third-order valence-corrected chi connectivity index (χ3v) is 17.1. The topological polar surface area (TPSA) is 27.7 Å². The van der Waals surface area contributed by atoms with Gasteiger partial charge >= 0.3 is 0 Å². The first kappa shape index (κ1) is 28.1. The summed E-state index contributed by atoms with van der Waals surface area (Å²) < 4.78 is 20.2. The Morgan fingerprint density at radius 3 is 1.80 bits per heavy atom. The molecule has 1 aliphatic rings. The number of hydrogen-bond donors (Lipinski definition) is 0. The maximum absolute atomic E-state index is 6.83. The van der Waals surface area contributed by atoms with E-state index in [0.717, 1.165) is 5.56 Å². The van der Waals surface area contributed by atoms with Gasteiger partial charge in [-0.25, -0.2) is 0 Å². The summed E-state index contributed by atoms with van der Waals surface area (Å²) >= 11 is 0. The minimum absolute atomic E-state index is 0.0968. The minimum Gasteiger partial charge on any atom is -0.414 e. The molecule has 1 heterocycles. The van der Waals surface area contributed by atoms with Gasteiger partial charge in [0.15, 0.2) is 16.6 Å². The van der Waals surface area contributed by atoms with Gasteiger partial charge in [0.2, 0.25) is 0 Å². The Balaban J connectivity index is 1.83. The standard InChI is InChI=1S/C30H46O3Si2/c1-29(2,3)34(7,8)31-22-28-27(33-35(9,10)30(4,5)6)21-20-26(32-28)25-18-16-24(17-19-25)23-14-12-11-13-15-23/h11-21,26-28H,22H2,1-10H3/t26-,27+,28-/m1/s1. The van der Waals surface area contributed by atoms with Crippen LogP contribution >= 0.6 is 0 Å². The first-order valence-corrected chi connectivity index (χ1v) is 18.7. The van der Waals surface area contributed by atoms with Crippen molar-refractivity contribution in [2.45, 2.75) is 96.1 Å². The molecule has 0 amide bonds. The second-order valence-corrected chi connectivity index (χ2v) is 22.4. The summed E-state index contributed by atoms with van der Waals surface area (Å²) in [4.78, 5) is 0. The van der Waals surface area contributed by atoms with Gasteiger partial charge in [-0.05, 0) is 53.0 Å². The van der Waals surface area contributed by atoms with E-state index >= 15 is 0 Å². The Bertz CT molecular complexity index is 983. The summed E-state index contributed by atoms with van der Waals surface area (Å²) in [7, 11) is -3.88. The van der Waals surface area contributed by atoms with Crippen LogP contribution in [0.2, 0.25) is 36.3 Å². The highest BCUT2D eigenvalue weighted by Gasteiger charge is 2.43. The van der Waals surface area contributed by atoms with Crippen LogP contribution in [0, 0.1) is 0 Å². The minimum atomic E-state index is -1.97. The normalized spacial score (nSPS) is 21.8. The third-order valence-electron chi connectivity index (χ3n) is 8.16. The molecule has 2 aromatic carbocycles. The molecule has 0 fully saturated rings. The predicted molar refractivity (Wildman–Crippen MR) is 154 cm³/mol. The van der Waals surface area contributed by atoms with Gasteiger partial charge in [0.25, 0.3) is 0 Å². The maximum atomic E-state index is 6.83. The van der Waals surface area contributed by atoms with Crippen LogP contribution in [0.25, 0.3) is 11.1 Å². The molecule has 3 rings (SSSR count). The number of ether oxygens (including phenoxy) is 1. The van der Waals surface area contributed by atoms with Crippen LogP contribution in [0.1, 0.15) is 53.2 Å². The van der Waals surface area contributed by atoms with E-state index in [-0.39, 0.29) is 28.4 Å². The van der Waals surface area contributed by atoms with E-state index in [1.165, 1.54) is 11.1 Å². The average molecular weight is 511 g/mol.